The lowest BCUT2D eigenvalue weighted by atomic mass is 9.95. The normalized spacial score (nSPS) is 11.1. The number of anilines is 2. The first-order chi connectivity index (χ1) is 9.29. The first kappa shape index (κ1) is 16.2. The predicted molar refractivity (Wildman–Crippen MR) is 78.4 cm³/mol. The standard InChI is InChI=1S/C13H23N5O2/c1-6-20-9(19)7-15-10-8(2)11(18-14)17-12(16-10)13(3,4)5/h6-7,14H2,1-5H3,(H2,15,16,17,18). The lowest BCUT2D eigenvalue weighted by Crippen LogP contribution is -2.23. The van der Waals surface area contributed by atoms with Gasteiger partial charge >= 0.3 is 5.97 Å². The lowest BCUT2D eigenvalue weighted by Gasteiger charge is -2.20. The number of rotatable bonds is 5. The van der Waals surface area contributed by atoms with E-state index in [1.54, 1.807) is 6.92 Å². The number of carbonyl (C=O) groups is 1. The van der Waals surface area contributed by atoms with Gasteiger partial charge in [-0.25, -0.2) is 15.8 Å². The van der Waals surface area contributed by atoms with Gasteiger partial charge < -0.3 is 15.5 Å². The molecule has 4 N–H and O–H groups in total. The quantitative estimate of drug-likeness (QED) is 0.425. The Hall–Kier alpha value is -1.89. The molecule has 7 heteroatoms. The molecule has 1 heterocycles. The van der Waals surface area contributed by atoms with Crippen molar-refractivity contribution in [2.75, 3.05) is 23.9 Å². The molecule has 1 aromatic heterocycles. The molecule has 0 aliphatic carbocycles. The fraction of sp³-hybridized carbons (Fsp3) is 0.615. The summed E-state index contributed by atoms with van der Waals surface area (Å²) < 4.78 is 4.87. The summed E-state index contributed by atoms with van der Waals surface area (Å²) in [5, 5.41) is 2.96. The van der Waals surface area contributed by atoms with Gasteiger partial charge in [0.2, 0.25) is 0 Å². The van der Waals surface area contributed by atoms with Crippen LogP contribution >= 0.6 is 0 Å². The zero-order valence-corrected chi connectivity index (χ0v) is 12.7. The van der Waals surface area contributed by atoms with E-state index in [9.17, 15) is 4.79 Å². The van der Waals surface area contributed by atoms with Gasteiger partial charge in [-0.1, -0.05) is 20.8 Å². The zero-order chi connectivity index (χ0) is 15.3. The van der Waals surface area contributed by atoms with Crippen LogP contribution in [-0.2, 0) is 14.9 Å². The van der Waals surface area contributed by atoms with Crippen molar-refractivity contribution < 1.29 is 9.53 Å². The second-order valence-electron chi connectivity index (χ2n) is 5.42. The Balaban J connectivity index is 3.02. The van der Waals surface area contributed by atoms with Crippen LogP contribution in [0.15, 0.2) is 0 Å². The topological polar surface area (TPSA) is 102 Å². The van der Waals surface area contributed by atoms with Crippen LogP contribution in [0.2, 0.25) is 0 Å². The summed E-state index contributed by atoms with van der Waals surface area (Å²) in [7, 11) is 0. The Morgan fingerprint density at radius 1 is 1.30 bits per heavy atom. The van der Waals surface area contributed by atoms with Gasteiger partial charge in [-0.3, -0.25) is 4.79 Å². The minimum absolute atomic E-state index is 0.0548. The van der Waals surface area contributed by atoms with Gasteiger partial charge in [0.25, 0.3) is 0 Å². The summed E-state index contributed by atoms with van der Waals surface area (Å²) in [5.41, 5.74) is 3.09. The molecule has 0 aliphatic rings. The van der Waals surface area contributed by atoms with Crippen molar-refractivity contribution in [1.82, 2.24) is 9.97 Å². The van der Waals surface area contributed by atoms with Gasteiger partial charge in [-0.2, -0.15) is 0 Å². The minimum atomic E-state index is -0.329. The summed E-state index contributed by atoms with van der Waals surface area (Å²) >= 11 is 0. The monoisotopic (exact) mass is 281 g/mol. The third-order valence-corrected chi connectivity index (χ3v) is 2.66. The van der Waals surface area contributed by atoms with Gasteiger partial charge in [0.1, 0.15) is 24.0 Å². The van der Waals surface area contributed by atoms with Gasteiger partial charge in [0, 0.05) is 11.0 Å². The molecule has 0 spiro atoms. The molecule has 0 bridgehead atoms. The molecule has 0 amide bonds. The van der Waals surface area contributed by atoms with Crippen LogP contribution in [0, 0.1) is 6.92 Å². The summed E-state index contributed by atoms with van der Waals surface area (Å²) in [6.07, 6.45) is 0. The van der Waals surface area contributed by atoms with Crippen LogP contribution in [-0.4, -0.2) is 29.1 Å². The Kier molecular flexibility index (Phi) is 5.26. The van der Waals surface area contributed by atoms with Crippen molar-refractivity contribution in [2.45, 2.75) is 40.0 Å². The van der Waals surface area contributed by atoms with E-state index in [2.05, 4.69) is 20.7 Å². The number of hydrazine groups is 1. The Morgan fingerprint density at radius 2 is 1.90 bits per heavy atom. The Morgan fingerprint density at radius 3 is 2.40 bits per heavy atom. The third kappa shape index (κ3) is 4.06. The minimum Gasteiger partial charge on any atom is -0.465 e. The fourth-order valence-electron chi connectivity index (χ4n) is 1.53. The molecule has 1 rings (SSSR count). The largest absolute Gasteiger partial charge is 0.465 e. The smallest absolute Gasteiger partial charge is 0.325 e. The number of aromatic nitrogens is 2. The molecule has 1 aromatic rings. The van der Waals surface area contributed by atoms with Crippen molar-refractivity contribution in [2.24, 2.45) is 5.84 Å². The highest BCUT2D eigenvalue weighted by Gasteiger charge is 2.21. The van der Waals surface area contributed by atoms with E-state index in [-0.39, 0.29) is 17.9 Å². The average Bonchev–Trinajstić information content (AvgIpc) is 2.36. The van der Waals surface area contributed by atoms with Crippen LogP contribution in [0.4, 0.5) is 11.6 Å². The molecule has 0 atom stereocenters. The maximum Gasteiger partial charge on any atom is 0.325 e. The Labute approximate surface area is 119 Å². The van der Waals surface area contributed by atoms with Crippen molar-refractivity contribution in [1.29, 1.82) is 0 Å². The first-order valence-corrected chi connectivity index (χ1v) is 6.54. The van der Waals surface area contributed by atoms with E-state index < -0.39 is 0 Å². The maximum atomic E-state index is 11.4. The summed E-state index contributed by atoms with van der Waals surface area (Å²) in [6, 6.07) is 0. The van der Waals surface area contributed by atoms with Gasteiger partial charge in [0.05, 0.1) is 6.61 Å². The lowest BCUT2D eigenvalue weighted by molar-refractivity contribution is -0.140. The van der Waals surface area contributed by atoms with Crippen LogP contribution in [0.25, 0.3) is 0 Å². The molecular weight excluding hydrogens is 258 g/mol. The van der Waals surface area contributed by atoms with Gasteiger partial charge in [-0.15, -0.1) is 0 Å². The molecule has 0 aliphatic heterocycles. The van der Waals surface area contributed by atoms with E-state index in [4.69, 9.17) is 10.6 Å². The SMILES string of the molecule is CCOC(=O)CNc1nc(C(C)(C)C)nc(NN)c1C. The summed E-state index contributed by atoms with van der Waals surface area (Å²) in [4.78, 5) is 20.2. The second kappa shape index (κ2) is 6.51. The van der Waals surface area contributed by atoms with Gasteiger partial charge in [-0.05, 0) is 13.8 Å². The highest BCUT2D eigenvalue weighted by molar-refractivity contribution is 5.75. The number of nitrogens with one attached hydrogen (secondary N) is 2. The fourth-order valence-corrected chi connectivity index (χ4v) is 1.53. The summed E-state index contributed by atoms with van der Waals surface area (Å²) in [6.45, 7) is 10.0. The van der Waals surface area contributed by atoms with E-state index in [1.807, 2.05) is 27.7 Å². The number of hydrogen-bond donors (Lipinski definition) is 3. The van der Waals surface area contributed by atoms with Crippen LogP contribution in [0.3, 0.4) is 0 Å². The predicted octanol–water partition coefficient (Wildman–Crippen LogP) is 1.34. The second-order valence-corrected chi connectivity index (χ2v) is 5.42. The molecule has 0 saturated heterocycles. The van der Waals surface area contributed by atoms with Crippen LogP contribution in [0.5, 0.6) is 0 Å². The van der Waals surface area contributed by atoms with E-state index >= 15 is 0 Å². The molecule has 0 fully saturated rings. The molecule has 0 radical (unpaired) electrons. The van der Waals surface area contributed by atoms with Crippen molar-refractivity contribution >= 4 is 17.6 Å². The van der Waals surface area contributed by atoms with E-state index in [0.717, 1.165) is 5.56 Å². The highest BCUT2D eigenvalue weighted by atomic mass is 16.5. The highest BCUT2D eigenvalue weighted by Crippen LogP contribution is 2.25. The van der Waals surface area contributed by atoms with Crippen molar-refractivity contribution in [3.63, 3.8) is 0 Å². The zero-order valence-electron chi connectivity index (χ0n) is 12.7. The summed E-state index contributed by atoms with van der Waals surface area (Å²) in [5.74, 6) is 6.90. The molecule has 0 saturated carbocycles. The molecule has 112 valence electrons. The molecule has 0 unspecified atom stereocenters. The van der Waals surface area contributed by atoms with E-state index in [0.29, 0.717) is 24.1 Å². The average molecular weight is 281 g/mol. The number of ether oxygens (including phenoxy) is 1. The molecular formula is C13H23N5O2. The number of esters is 1. The van der Waals surface area contributed by atoms with Gasteiger partial charge in [0.15, 0.2) is 0 Å². The Bertz CT molecular complexity index is 482. The number of nitrogen functional groups attached to an aromatic ring is 1. The van der Waals surface area contributed by atoms with Crippen molar-refractivity contribution in [3.8, 4) is 0 Å². The third-order valence-electron chi connectivity index (χ3n) is 2.66. The number of nitrogens with two attached hydrogens (primary N) is 1. The maximum absolute atomic E-state index is 11.4. The molecule has 0 aromatic carbocycles. The number of hydrogen-bond acceptors (Lipinski definition) is 7. The number of nitrogens with zero attached hydrogens (tertiary/aromatic N) is 2. The van der Waals surface area contributed by atoms with Crippen molar-refractivity contribution in [3.05, 3.63) is 11.4 Å². The van der Waals surface area contributed by atoms with Crippen LogP contribution < -0.4 is 16.6 Å². The van der Waals surface area contributed by atoms with E-state index in [1.165, 1.54) is 0 Å². The molecule has 7 nitrogen and oxygen atoms in total. The number of carbonyl (C=O) groups excluding carboxylic acids is 1. The first-order valence-electron chi connectivity index (χ1n) is 6.54. The molecule has 20 heavy (non-hydrogen) atoms. The van der Waals surface area contributed by atoms with Crippen LogP contribution in [0.1, 0.15) is 39.1 Å².